The summed E-state index contributed by atoms with van der Waals surface area (Å²) in [7, 11) is 1.74. The third-order valence-corrected chi connectivity index (χ3v) is 7.04. The van der Waals surface area contributed by atoms with Crippen LogP contribution >= 0.6 is 0 Å². The van der Waals surface area contributed by atoms with E-state index in [1.807, 2.05) is 6.92 Å². The fourth-order valence-corrected chi connectivity index (χ4v) is 4.98. The molecule has 1 aliphatic carbocycles. The molecule has 11 heteroatoms. The van der Waals surface area contributed by atoms with Gasteiger partial charge in [-0.25, -0.2) is 18.3 Å². The molecule has 1 aliphatic heterocycles. The van der Waals surface area contributed by atoms with Crippen molar-refractivity contribution in [3.8, 4) is 11.4 Å². The molecule has 2 heterocycles. The number of hydrogen-bond acceptors (Lipinski definition) is 5. The molecule has 1 unspecified atom stereocenters. The third-order valence-electron chi connectivity index (χ3n) is 7.04. The van der Waals surface area contributed by atoms with Crippen LogP contribution in [-0.4, -0.2) is 39.7 Å². The summed E-state index contributed by atoms with van der Waals surface area (Å²) in [5, 5.41) is 10.2. The number of allylic oxidation sites excluding steroid dienone is 1. The Hall–Kier alpha value is -4.67. The summed E-state index contributed by atoms with van der Waals surface area (Å²) in [5.74, 6) is -0.457. The lowest BCUT2D eigenvalue weighted by Crippen LogP contribution is -2.40. The molecule has 1 aromatic heterocycles. The van der Waals surface area contributed by atoms with E-state index in [2.05, 4.69) is 15.7 Å². The molecule has 2 aromatic carbocycles. The smallest absolute Gasteiger partial charge is 0.324 e. The highest BCUT2D eigenvalue weighted by molar-refractivity contribution is 6.00. The zero-order valence-corrected chi connectivity index (χ0v) is 22.2. The molecule has 40 heavy (non-hydrogen) atoms. The van der Waals surface area contributed by atoms with Crippen LogP contribution in [0.25, 0.3) is 5.69 Å². The van der Waals surface area contributed by atoms with Crippen molar-refractivity contribution in [2.75, 3.05) is 17.7 Å². The molecule has 3 aromatic rings. The predicted octanol–water partition coefficient (Wildman–Crippen LogP) is 5.34. The van der Waals surface area contributed by atoms with Crippen molar-refractivity contribution in [1.82, 2.24) is 14.7 Å². The first-order valence-electron chi connectivity index (χ1n) is 13.0. The second-order valence-electron chi connectivity index (χ2n) is 10.0. The number of carbonyl (C=O) groups excluding carboxylic acids is 2. The Morgan fingerprint density at radius 2 is 1.77 bits per heavy atom. The number of aryl methyl sites for hydroxylation is 1. The van der Waals surface area contributed by atoms with E-state index in [1.165, 1.54) is 16.8 Å². The van der Waals surface area contributed by atoms with Crippen LogP contribution in [0.4, 0.5) is 25.1 Å². The molecule has 208 valence electrons. The van der Waals surface area contributed by atoms with Crippen molar-refractivity contribution in [3.05, 3.63) is 89.5 Å². The van der Waals surface area contributed by atoms with Gasteiger partial charge in [-0.3, -0.25) is 10.1 Å². The lowest BCUT2D eigenvalue weighted by molar-refractivity contribution is -0.120. The maximum atomic E-state index is 14.0. The standard InChI is InChI=1S/C29H30F2N6O3/c1-17-11-22(40-23-9-10-36(2)26(15-23)28(32)38)7-8-24(17)33-29(39)34-27-16-25(18-5-3-4-6-18)35-37(27)21-13-19(30)12-20(31)14-21/h7-16,18,26H,3-6H2,1-2H3,(H2,32,38)(H2,33,34,39). The van der Waals surface area contributed by atoms with Gasteiger partial charge in [0.15, 0.2) is 0 Å². The van der Waals surface area contributed by atoms with Gasteiger partial charge in [0, 0.05) is 37.0 Å². The first-order chi connectivity index (χ1) is 19.2. The number of anilines is 2. The molecule has 1 fully saturated rings. The summed E-state index contributed by atoms with van der Waals surface area (Å²) >= 11 is 0. The number of hydrogen-bond donors (Lipinski definition) is 3. The van der Waals surface area contributed by atoms with E-state index < -0.39 is 29.6 Å². The normalized spacial score (nSPS) is 17.1. The number of nitrogens with two attached hydrogens (primary N) is 1. The molecule has 1 saturated carbocycles. The Bertz CT molecular complexity index is 1490. The van der Waals surface area contributed by atoms with Crippen LogP contribution in [0.1, 0.15) is 42.9 Å². The Morgan fingerprint density at radius 1 is 1.05 bits per heavy atom. The summed E-state index contributed by atoms with van der Waals surface area (Å²) < 4.78 is 35.2. The Kier molecular flexibility index (Phi) is 7.54. The number of halogens is 2. The third kappa shape index (κ3) is 5.98. The molecular formula is C29H30F2N6O3. The number of likely N-dealkylation sites (N-methyl/N-ethyl adjacent to an activating group) is 1. The van der Waals surface area contributed by atoms with Crippen LogP contribution in [-0.2, 0) is 4.79 Å². The molecule has 0 spiro atoms. The van der Waals surface area contributed by atoms with E-state index in [-0.39, 0.29) is 11.6 Å². The summed E-state index contributed by atoms with van der Waals surface area (Å²) in [6.07, 6.45) is 9.18. The highest BCUT2D eigenvalue weighted by Gasteiger charge is 2.24. The molecular weight excluding hydrogens is 518 g/mol. The van der Waals surface area contributed by atoms with Crippen molar-refractivity contribution in [2.24, 2.45) is 5.73 Å². The monoisotopic (exact) mass is 548 g/mol. The van der Waals surface area contributed by atoms with E-state index >= 15 is 0 Å². The molecule has 9 nitrogen and oxygen atoms in total. The second-order valence-corrected chi connectivity index (χ2v) is 10.0. The minimum atomic E-state index is -0.738. The fraction of sp³-hybridized carbons (Fsp3) is 0.276. The number of nitrogens with one attached hydrogen (secondary N) is 2. The Morgan fingerprint density at radius 3 is 2.45 bits per heavy atom. The molecule has 3 amide bonds. The van der Waals surface area contributed by atoms with E-state index in [1.54, 1.807) is 54.6 Å². The first kappa shape index (κ1) is 26.9. The number of urea groups is 1. The SMILES string of the molecule is Cc1cc(OC2=CC(C(N)=O)N(C)C=C2)ccc1NC(=O)Nc1cc(C2CCCC2)nn1-c1cc(F)cc(F)c1. The maximum Gasteiger partial charge on any atom is 0.324 e. The molecule has 4 N–H and O–H groups in total. The van der Waals surface area contributed by atoms with Crippen molar-refractivity contribution in [2.45, 2.75) is 44.6 Å². The Balaban J connectivity index is 1.32. The van der Waals surface area contributed by atoms with E-state index in [0.717, 1.165) is 43.0 Å². The van der Waals surface area contributed by atoms with Crippen molar-refractivity contribution >= 4 is 23.4 Å². The van der Waals surface area contributed by atoms with Gasteiger partial charge in [0.25, 0.3) is 0 Å². The fourth-order valence-electron chi connectivity index (χ4n) is 4.98. The lowest BCUT2D eigenvalue weighted by Gasteiger charge is -2.25. The van der Waals surface area contributed by atoms with Gasteiger partial charge in [-0.15, -0.1) is 0 Å². The number of benzene rings is 2. The molecule has 1 atom stereocenters. The van der Waals surface area contributed by atoms with Crippen molar-refractivity contribution in [3.63, 3.8) is 0 Å². The summed E-state index contributed by atoms with van der Waals surface area (Å²) in [4.78, 5) is 26.3. The average molecular weight is 549 g/mol. The maximum absolute atomic E-state index is 14.0. The molecule has 5 rings (SSSR count). The van der Waals surface area contributed by atoms with Gasteiger partial charge in [0.05, 0.1) is 11.4 Å². The van der Waals surface area contributed by atoms with Gasteiger partial charge in [0.2, 0.25) is 5.91 Å². The number of nitrogens with zero attached hydrogens (tertiary/aromatic N) is 3. The number of primary amides is 1. The largest absolute Gasteiger partial charge is 0.458 e. The number of rotatable bonds is 7. The summed E-state index contributed by atoms with van der Waals surface area (Å²) in [6.45, 7) is 1.81. The highest BCUT2D eigenvalue weighted by atomic mass is 19.1. The molecule has 0 radical (unpaired) electrons. The summed E-state index contributed by atoms with van der Waals surface area (Å²) in [6, 6.07) is 8.85. The van der Waals surface area contributed by atoms with Crippen LogP contribution in [0.5, 0.6) is 5.75 Å². The first-order valence-corrected chi connectivity index (χ1v) is 13.0. The molecule has 2 aliphatic rings. The lowest BCUT2D eigenvalue weighted by atomic mass is 10.0. The minimum absolute atomic E-state index is 0.172. The van der Waals surface area contributed by atoms with Gasteiger partial charge in [0.1, 0.15) is 35.0 Å². The zero-order chi connectivity index (χ0) is 28.4. The second kappa shape index (κ2) is 11.2. The van der Waals surface area contributed by atoms with Crippen LogP contribution in [0.3, 0.4) is 0 Å². The van der Waals surface area contributed by atoms with Crippen LogP contribution < -0.4 is 21.1 Å². The van der Waals surface area contributed by atoms with E-state index in [4.69, 9.17) is 10.5 Å². The van der Waals surface area contributed by atoms with Gasteiger partial charge in [-0.2, -0.15) is 5.10 Å². The van der Waals surface area contributed by atoms with Gasteiger partial charge >= 0.3 is 6.03 Å². The van der Waals surface area contributed by atoms with Crippen LogP contribution in [0, 0.1) is 18.6 Å². The minimum Gasteiger partial charge on any atom is -0.458 e. The van der Waals surface area contributed by atoms with Crippen LogP contribution in [0.2, 0.25) is 0 Å². The molecule has 0 bridgehead atoms. The number of aromatic nitrogens is 2. The predicted molar refractivity (Wildman–Crippen MR) is 147 cm³/mol. The van der Waals surface area contributed by atoms with Gasteiger partial charge in [-0.05, 0) is 67.8 Å². The topological polar surface area (TPSA) is 115 Å². The average Bonchev–Trinajstić information content (AvgIpc) is 3.56. The van der Waals surface area contributed by atoms with Gasteiger partial charge < -0.3 is 20.7 Å². The number of ether oxygens (including phenoxy) is 1. The van der Waals surface area contributed by atoms with E-state index in [0.29, 0.717) is 23.0 Å². The van der Waals surface area contributed by atoms with Crippen molar-refractivity contribution < 1.29 is 23.1 Å². The van der Waals surface area contributed by atoms with Crippen LogP contribution in [0.15, 0.2) is 66.6 Å². The quantitative estimate of drug-likeness (QED) is 0.369. The highest BCUT2D eigenvalue weighted by Crippen LogP contribution is 2.35. The number of carbonyl (C=O) groups is 2. The summed E-state index contributed by atoms with van der Waals surface area (Å²) in [5.41, 5.74) is 7.65. The molecule has 0 saturated heterocycles. The van der Waals surface area contributed by atoms with E-state index in [9.17, 15) is 18.4 Å². The van der Waals surface area contributed by atoms with Crippen molar-refractivity contribution in [1.29, 1.82) is 0 Å². The van der Waals surface area contributed by atoms with Gasteiger partial charge in [-0.1, -0.05) is 12.8 Å². The zero-order valence-electron chi connectivity index (χ0n) is 22.2. The number of amides is 3. The Labute approximate surface area is 230 Å².